The number of carbonyl (C=O) groups is 1. The molecule has 0 aliphatic heterocycles. The van der Waals surface area contributed by atoms with E-state index in [2.05, 4.69) is 52.9 Å². The Morgan fingerprint density at radius 2 is 1.71 bits per heavy atom. The van der Waals surface area contributed by atoms with Crippen molar-refractivity contribution >= 4 is 11.6 Å². The Hall–Kier alpha value is -2.33. The summed E-state index contributed by atoms with van der Waals surface area (Å²) in [7, 11) is 2.23. The topological polar surface area (TPSA) is 44.4 Å². The lowest BCUT2D eigenvalue weighted by Gasteiger charge is -2.31. The summed E-state index contributed by atoms with van der Waals surface area (Å²) in [6.45, 7) is 1.89. The number of hydrogen-bond acceptors (Lipinski definition) is 3. The molecule has 3 rings (SSSR count). The van der Waals surface area contributed by atoms with Crippen molar-refractivity contribution in [2.24, 2.45) is 0 Å². The SMILES string of the molecule is CN(Cc1ccccc1NCC(=O)NCCc1ccccc1)C1CCCCC1. The first-order chi connectivity index (χ1) is 13.7. The molecule has 1 aliphatic rings. The third-order valence-corrected chi connectivity index (χ3v) is 5.65. The maximum absolute atomic E-state index is 12.2. The Morgan fingerprint density at radius 1 is 1.00 bits per heavy atom. The predicted octanol–water partition coefficient (Wildman–Crippen LogP) is 4.22. The molecule has 0 atom stereocenters. The fraction of sp³-hybridized carbons (Fsp3) is 0.458. The smallest absolute Gasteiger partial charge is 0.239 e. The zero-order valence-corrected chi connectivity index (χ0v) is 17.0. The monoisotopic (exact) mass is 379 g/mol. The summed E-state index contributed by atoms with van der Waals surface area (Å²) in [6.07, 6.45) is 7.53. The van der Waals surface area contributed by atoms with Gasteiger partial charge in [-0.05, 0) is 43.5 Å². The van der Waals surface area contributed by atoms with Crippen molar-refractivity contribution in [1.29, 1.82) is 0 Å². The summed E-state index contributed by atoms with van der Waals surface area (Å²) < 4.78 is 0. The van der Waals surface area contributed by atoms with Crippen LogP contribution in [0.25, 0.3) is 0 Å². The van der Waals surface area contributed by atoms with Crippen molar-refractivity contribution in [2.75, 3.05) is 25.5 Å². The maximum Gasteiger partial charge on any atom is 0.239 e. The van der Waals surface area contributed by atoms with Crippen LogP contribution in [0, 0.1) is 0 Å². The summed E-state index contributed by atoms with van der Waals surface area (Å²) in [5.41, 5.74) is 3.56. The van der Waals surface area contributed by atoms with E-state index >= 15 is 0 Å². The highest BCUT2D eigenvalue weighted by Gasteiger charge is 2.18. The van der Waals surface area contributed by atoms with Gasteiger partial charge < -0.3 is 10.6 Å². The third kappa shape index (κ3) is 6.38. The summed E-state index contributed by atoms with van der Waals surface area (Å²) >= 11 is 0. The van der Waals surface area contributed by atoms with Gasteiger partial charge in [0.1, 0.15) is 0 Å². The van der Waals surface area contributed by atoms with Crippen molar-refractivity contribution < 1.29 is 4.79 Å². The molecule has 0 spiro atoms. The van der Waals surface area contributed by atoms with Gasteiger partial charge in [-0.25, -0.2) is 0 Å². The fourth-order valence-corrected chi connectivity index (χ4v) is 3.98. The molecular weight excluding hydrogens is 346 g/mol. The van der Waals surface area contributed by atoms with Crippen LogP contribution in [-0.2, 0) is 17.8 Å². The van der Waals surface area contributed by atoms with E-state index in [1.807, 2.05) is 24.3 Å². The van der Waals surface area contributed by atoms with E-state index in [9.17, 15) is 4.79 Å². The minimum absolute atomic E-state index is 0.0337. The lowest BCUT2D eigenvalue weighted by molar-refractivity contribution is -0.119. The molecule has 1 fully saturated rings. The number of amides is 1. The summed E-state index contributed by atoms with van der Waals surface area (Å²) in [4.78, 5) is 14.7. The second-order valence-corrected chi connectivity index (χ2v) is 7.80. The minimum atomic E-state index is 0.0337. The van der Waals surface area contributed by atoms with Crippen molar-refractivity contribution in [3.63, 3.8) is 0 Å². The average molecular weight is 380 g/mol. The van der Waals surface area contributed by atoms with Gasteiger partial charge in [0.05, 0.1) is 6.54 Å². The molecule has 2 N–H and O–H groups in total. The molecule has 2 aromatic rings. The van der Waals surface area contributed by atoms with E-state index in [0.29, 0.717) is 19.1 Å². The minimum Gasteiger partial charge on any atom is -0.376 e. The molecule has 0 radical (unpaired) electrons. The molecule has 0 unspecified atom stereocenters. The number of para-hydroxylation sites is 1. The average Bonchev–Trinajstić information content (AvgIpc) is 2.74. The number of anilines is 1. The predicted molar refractivity (Wildman–Crippen MR) is 116 cm³/mol. The second-order valence-electron chi connectivity index (χ2n) is 7.80. The molecule has 150 valence electrons. The Kier molecular flexibility index (Phi) is 7.92. The van der Waals surface area contributed by atoms with Crippen molar-refractivity contribution in [3.8, 4) is 0 Å². The van der Waals surface area contributed by atoms with Crippen LogP contribution in [0.2, 0.25) is 0 Å². The molecule has 1 amide bonds. The standard InChI is InChI=1S/C24H33N3O/c1-27(22-13-6-3-7-14-22)19-21-12-8-9-15-23(21)26-18-24(28)25-17-16-20-10-4-2-5-11-20/h2,4-5,8-12,15,22,26H,3,6-7,13-14,16-19H2,1H3,(H,25,28). The fourth-order valence-electron chi connectivity index (χ4n) is 3.98. The lowest BCUT2D eigenvalue weighted by Crippen LogP contribution is -2.33. The van der Waals surface area contributed by atoms with Crippen LogP contribution in [0.4, 0.5) is 5.69 Å². The Morgan fingerprint density at radius 3 is 2.50 bits per heavy atom. The molecule has 2 aromatic carbocycles. The number of hydrogen-bond donors (Lipinski definition) is 2. The highest BCUT2D eigenvalue weighted by molar-refractivity contribution is 5.80. The van der Waals surface area contributed by atoms with Crippen LogP contribution in [0.3, 0.4) is 0 Å². The van der Waals surface area contributed by atoms with Gasteiger partial charge in [0.15, 0.2) is 0 Å². The van der Waals surface area contributed by atoms with Crippen LogP contribution in [0.15, 0.2) is 54.6 Å². The Labute approximate surface area is 169 Å². The normalized spacial score (nSPS) is 14.8. The van der Waals surface area contributed by atoms with E-state index < -0.39 is 0 Å². The molecule has 0 heterocycles. The number of nitrogens with zero attached hydrogens (tertiary/aromatic N) is 1. The third-order valence-electron chi connectivity index (χ3n) is 5.65. The van der Waals surface area contributed by atoms with E-state index in [0.717, 1.165) is 18.7 Å². The van der Waals surface area contributed by atoms with Gasteiger partial charge in [0.25, 0.3) is 0 Å². The van der Waals surface area contributed by atoms with Crippen LogP contribution in [0.5, 0.6) is 0 Å². The lowest BCUT2D eigenvalue weighted by atomic mass is 9.94. The number of benzene rings is 2. The number of rotatable bonds is 9. The van der Waals surface area contributed by atoms with Crippen molar-refractivity contribution in [2.45, 2.75) is 51.1 Å². The van der Waals surface area contributed by atoms with Crippen LogP contribution in [0.1, 0.15) is 43.2 Å². The summed E-state index contributed by atoms with van der Waals surface area (Å²) in [5.74, 6) is 0.0337. The van der Waals surface area contributed by atoms with Gasteiger partial charge in [-0.2, -0.15) is 0 Å². The largest absolute Gasteiger partial charge is 0.376 e. The number of carbonyl (C=O) groups excluding carboxylic acids is 1. The Bertz CT molecular complexity index is 726. The molecule has 4 heteroatoms. The van der Waals surface area contributed by atoms with Gasteiger partial charge in [0.2, 0.25) is 5.91 Å². The zero-order chi connectivity index (χ0) is 19.6. The molecule has 1 saturated carbocycles. The van der Waals surface area contributed by atoms with Crippen molar-refractivity contribution in [3.05, 3.63) is 65.7 Å². The van der Waals surface area contributed by atoms with Crippen LogP contribution < -0.4 is 10.6 Å². The maximum atomic E-state index is 12.2. The molecule has 1 aliphatic carbocycles. The first-order valence-corrected chi connectivity index (χ1v) is 10.5. The molecule has 0 aromatic heterocycles. The van der Waals surface area contributed by atoms with Gasteiger partial charge in [-0.15, -0.1) is 0 Å². The molecular formula is C24H33N3O. The quantitative estimate of drug-likeness (QED) is 0.686. The van der Waals surface area contributed by atoms with E-state index in [1.54, 1.807) is 0 Å². The number of nitrogens with one attached hydrogen (secondary N) is 2. The van der Waals surface area contributed by atoms with Crippen LogP contribution >= 0.6 is 0 Å². The first kappa shape index (κ1) is 20.4. The molecule has 0 saturated heterocycles. The summed E-state index contributed by atoms with van der Waals surface area (Å²) in [5, 5.41) is 6.33. The van der Waals surface area contributed by atoms with Gasteiger partial charge >= 0.3 is 0 Å². The second kappa shape index (κ2) is 10.9. The summed E-state index contributed by atoms with van der Waals surface area (Å²) in [6, 6.07) is 19.3. The van der Waals surface area contributed by atoms with Gasteiger partial charge in [-0.1, -0.05) is 67.8 Å². The zero-order valence-electron chi connectivity index (χ0n) is 17.0. The highest BCUT2D eigenvalue weighted by atomic mass is 16.1. The van der Waals surface area contributed by atoms with E-state index in [-0.39, 0.29) is 5.91 Å². The first-order valence-electron chi connectivity index (χ1n) is 10.5. The van der Waals surface area contributed by atoms with Crippen molar-refractivity contribution in [1.82, 2.24) is 10.2 Å². The van der Waals surface area contributed by atoms with Gasteiger partial charge in [-0.3, -0.25) is 9.69 Å². The molecule has 4 nitrogen and oxygen atoms in total. The molecule has 0 bridgehead atoms. The van der Waals surface area contributed by atoms with E-state index in [1.165, 1.54) is 43.2 Å². The van der Waals surface area contributed by atoms with E-state index in [4.69, 9.17) is 0 Å². The highest BCUT2D eigenvalue weighted by Crippen LogP contribution is 2.24. The Balaban J connectivity index is 1.45. The molecule has 28 heavy (non-hydrogen) atoms. The van der Waals surface area contributed by atoms with Gasteiger partial charge in [0, 0.05) is 24.8 Å². The van der Waals surface area contributed by atoms with Crippen LogP contribution in [-0.4, -0.2) is 37.0 Å².